The van der Waals surface area contributed by atoms with Crippen LogP contribution in [0.4, 0.5) is 0 Å². The highest BCUT2D eigenvalue weighted by Gasteiger charge is 2.02. The minimum atomic E-state index is 0.437. The van der Waals surface area contributed by atoms with Gasteiger partial charge >= 0.3 is 0 Å². The molecule has 0 aliphatic rings. The highest BCUT2D eigenvalue weighted by atomic mass is 15.2. The molecule has 2 aromatic rings. The molecule has 0 unspecified atom stereocenters. The molecule has 0 saturated heterocycles. The number of pyridine rings is 1. The summed E-state index contributed by atoms with van der Waals surface area (Å²) in [6.07, 6.45) is 3.29. The third-order valence-corrected chi connectivity index (χ3v) is 2.03. The summed E-state index contributed by atoms with van der Waals surface area (Å²) in [7, 11) is 0. The van der Waals surface area contributed by atoms with E-state index in [1.54, 1.807) is 17.2 Å². The predicted octanol–water partition coefficient (Wildman–Crippen LogP) is 1.79. The monoisotopic (exact) mass is 188 g/mol. The molecular weight excluding hydrogens is 176 g/mol. The van der Waals surface area contributed by atoms with Crippen molar-refractivity contribution in [3.63, 3.8) is 0 Å². The number of nitrogens with zero attached hydrogens (tertiary/aromatic N) is 4. The van der Waals surface area contributed by atoms with Crippen molar-refractivity contribution in [2.75, 3.05) is 0 Å². The van der Waals surface area contributed by atoms with Crippen LogP contribution in [-0.2, 0) is 0 Å². The zero-order valence-corrected chi connectivity index (χ0v) is 8.25. The van der Waals surface area contributed by atoms with E-state index in [4.69, 9.17) is 0 Å². The topological polar surface area (TPSA) is 43.6 Å². The second-order valence-corrected chi connectivity index (χ2v) is 3.44. The van der Waals surface area contributed by atoms with Crippen molar-refractivity contribution in [1.82, 2.24) is 19.7 Å². The standard InChI is InChI=1S/C10H12N4/c1-8(2)9-4-3-5-10(13-9)14-6-11-12-7-14/h3-8H,1-2H3. The lowest BCUT2D eigenvalue weighted by atomic mass is 10.1. The Kier molecular flexibility index (Phi) is 2.26. The lowest BCUT2D eigenvalue weighted by Crippen LogP contribution is -1.99. The van der Waals surface area contributed by atoms with Gasteiger partial charge in [-0.15, -0.1) is 10.2 Å². The van der Waals surface area contributed by atoms with E-state index in [0.29, 0.717) is 5.92 Å². The highest BCUT2D eigenvalue weighted by molar-refractivity contribution is 5.24. The van der Waals surface area contributed by atoms with Crippen LogP contribution in [0.5, 0.6) is 0 Å². The van der Waals surface area contributed by atoms with Crippen molar-refractivity contribution in [1.29, 1.82) is 0 Å². The maximum absolute atomic E-state index is 4.50. The van der Waals surface area contributed by atoms with Crippen LogP contribution < -0.4 is 0 Å². The summed E-state index contributed by atoms with van der Waals surface area (Å²) < 4.78 is 1.80. The summed E-state index contributed by atoms with van der Waals surface area (Å²) in [4.78, 5) is 4.50. The minimum Gasteiger partial charge on any atom is -0.272 e. The van der Waals surface area contributed by atoms with Gasteiger partial charge in [-0.25, -0.2) is 4.98 Å². The summed E-state index contributed by atoms with van der Waals surface area (Å²) in [6.45, 7) is 4.25. The Morgan fingerprint density at radius 3 is 2.50 bits per heavy atom. The van der Waals surface area contributed by atoms with E-state index in [9.17, 15) is 0 Å². The fraction of sp³-hybridized carbons (Fsp3) is 0.300. The molecule has 4 heteroatoms. The van der Waals surface area contributed by atoms with Crippen LogP contribution in [0.3, 0.4) is 0 Å². The van der Waals surface area contributed by atoms with Gasteiger partial charge in [0.25, 0.3) is 0 Å². The van der Waals surface area contributed by atoms with Crippen molar-refractivity contribution in [2.24, 2.45) is 0 Å². The van der Waals surface area contributed by atoms with Gasteiger partial charge < -0.3 is 0 Å². The first-order valence-corrected chi connectivity index (χ1v) is 4.59. The van der Waals surface area contributed by atoms with E-state index in [1.807, 2.05) is 18.2 Å². The molecule has 0 aliphatic carbocycles. The van der Waals surface area contributed by atoms with Gasteiger partial charge in [0.2, 0.25) is 0 Å². The summed E-state index contributed by atoms with van der Waals surface area (Å²) in [5.74, 6) is 1.30. The normalized spacial score (nSPS) is 10.8. The largest absolute Gasteiger partial charge is 0.272 e. The predicted molar refractivity (Wildman–Crippen MR) is 53.2 cm³/mol. The SMILES string of the molecule is CC(C)c1cccc(-n2cnnc2)n1. The van der Waals surface area contributed by atoms with Crippen LogP contribution in [0.25, 0.3) is 5.82 Å². The molecule has 0 aromatic carbocycles. The van der Waals surface area contributed by atoms with E-state index in [2.05, 4.69) is 29.0 Å². The molecule has 14 heavy (non-hydrogen) atoms. The molecule has 72 valence electrons. The van der Waals surface area contributed by atoms with Gasteiger partial charge in [-0.1, -0.05) is 19.9 Å². The molecule has 2 rings (SSSR count). The molecule has 0 atom stereocenters. The molecule has 2 heterocycles. The molecule has 0 aliphatic heterocycles. The molecule has 0 radical (unpaired) electrons. The lowest BCUT2D eigenvalue weighted by molar-refractivity contribution is 0.809. The molecule has 0 spiro atoms. The molecule has 0 amide bonds. The molecule has 2 aromatic heterocycles. The van der Waals surface area contributed by atoms with Gasteiger partial charge in [0.05, 0.1) is 0 Å². The van der Waals surface area contributed by atoms with E-state index >= 15 is 0 Å². The first-order valence-electron chi connectivity index (χ1n) is 4.59. The first-order chi connectivity index (χ1) is 6.77. The lowest BCUT2D eigenvalue weighted by Gasteiger charge is -2.06. The van der Waals surface area contributed by atoms with Gasteiger partial charge in [-0.05, 0) is 18.1 Å². The third-order valence-electron chi connectivity index (χ3n) is 2.03. The average molecular weight is 188 g/mol. The van der Waals surface area contributed by atoms with Crippen LogP contribution in [0.15, 0.2) is 30.9 Å². The maximum Gasteiger partial charge on any atom is 0.139 e. The van der Waals surface area contributed by atoms with Crippen LogP contribution in [0.2, 0.25) is 0 Å². The van der Waals surface area contributed by atoms with Crippen molar-refractivity contribution in [2.45, 2.75) is 19.8 Å². The van der Waals surface area contributed by atoms with Crippen molar-refractivity contribution in [3.8, 4) is 5.82 Å². The number of hydrogen-bond donors (Lipinski definition) is 0. The summed E-state index contributed by atoms with van der Waals surface area (Å²) in [6, 6.07) is 5.96. The fourth-order valence-electron chi connectivity index (χ4n) is 1.22. The Labute approximate surface area is 82.6 Å². The van der Waals surface area contributed by atoms with Crippen molar-refractivity contribution in [3.05, 3.63) is 36.5 Å². The zero-order valence-electron chi connectivity index (χ0n) is 8.25. The van der Waals surface area contributed by atoms with Gasteiger partial charge in [-0.3, -0.25) is 4.57 Å². The van der Waals surface area contributed by atoms with Crippen LogP contribution in [-0.4, -0.2) is 19.7 Å². The molecular formula is C10H12N4. The van der Waals surface area contributed by atoms with E-state index in [-0.39, 0.29) is 0 Å². The Morgan fingerprint density at radius 2 is 1.86 bits per heavy atom. The smallest absolute Gasteiger partial charge is 0.139 e. The number of hydrogen-bond acceptors (Lipinski definition) is 3. The Morgan fingerprint density at radius 1 is 1.14 bits per heavy atom. The average Bonchev–Trinajstić information content (AvgIpc) is 2.71. The first kappa shape index (κ1) is 8.87. The van der Waals surface area contributed by atoms with Crippen molar-refractivity contribution < 1.29 is 0 Å². The summed E-state index contributed by atoms with van der Waals surface area (Å²) in [5.41, 5.74) is 1.08. The van der Waals surface area contributed by atoms with E-state index < -0.39 is 0 Å². The van der Waals surface area contributed by atoms with Gasteiger partial charge in [0, 0.05) is 5.69 Å². The van der Waals surface area contributed by atoms with E-state index in [0.717, 1.165) is 11.5 Å². The quantitative estimate of drug-likeness (QED) is 0.721. The summed E-state index contributed by atoms with van der Waals surface area (Å²) in [5, 5.41) is 7.49. The molecule has 4 nitrogen and oxygen atoms in total. The Hall–Kier alpha value is -1.71. The second kappa shape index (κ2) is 3.57. The Bertz CT molecular complexity index is 406. The van der Waals surface area contributed by atoms with E-state index in [1.165, 1.54) is 0 Å². The van der Waals surface area contributed by atoms with Crippen LogP contribution in [0, 0.1) is 0 Å². The molecule has 0 bridgehead atoms. The number of rotatable bonds is 2. The van der Waals surface area contributed by atoms with Crippen LogP contribution in [0.1, 0.15) is 25.5 Å². The molecule has 0 saturated carbocycles. The Balaban J connectivity index is 2.41. The third kappa shape index (κ3) is 1.64. The highest BCUT2D eigenvalue weighted by Crippen LogP contribution is 2.12. The second-order valence-electron chi connectivity index (χ2n) is 3.44. The van der Waals surface area contributed by atoms with Gasteiger partial charge in [0.1, 0.15) is 18.5 Å². The summed E-state index contributed by atoms with van der Waals surface area (Å²) >= 11 is 0. The van der Waals surface area contributed by atoms with Gasteiger partial charge in [-0.2, -0.15) is 0 Å². The van der Waals surface area contributed by atoms with Crippen LogP contribution >= 0.6 is 0 Å². The zero-order chi connectivity index (χ0) is 9.97. The molecule has 0 N–H and O–H groups in total. The maximum atomic E-state index is 4.50. The van der Waals surface area contributed by atoms with Gasteiger partial charge in [0.15, 0.2) is 0 Å². The van der Waals surface area contributed by atoms with Crippen molar-refractivity contribution >= 4 is 0 Å². The molecule has 0 fully saturated rings. The minimum absolute atomic E-state index is 0.437. The fourth-order valence-corrected chi connectivity index (χ4v) is 1.22. The number of aromatic nitrogens is 4.